The second kappa shape index (κ2) is 9.89. The summed E-state index contributed by atoms with van der Waals surface area (Å²) in [4.78, 5) is 13.3. The molecule has 15 heavy (non-hydrogen) atoms. The number of carbonyl (C=O) groups excluding carboxylic acids is 1. The Morgan fingerprint density at radius 1 is 1.20 bits per heavy atom. The van der Waals surface area contributed by atoms with Gasteiger partial charge in [-0.1, -0.05) is 0 Å². The summed E-state index contributed by atoms with van der Waals surface area (Å²) in [6.07, 6.45) is 2.41. The molecule has 5 nitrogen and oxygen atoms in total. The molecule has 0 bridgehead atoms. The molecule has 0 saturated carbocycles. The topological polar surface area (TPSA) is 84.4 Å². The Morgan fingerprint density at radius 3 is 2.47 bits per heavy atom. The fraction of sp³-hybridized carbons (Fsp3) is 0.900. The van der Waals surface area contributed by atoms with E-state index in [1.54, 1.807) is 0 Å². The molecule has 0 fully saturated rings. The van der Waals surface area contributed by atoms with Crippen molar-refractivity contribution in [3.63, 3.8) is 0 Å². The average Bonchev–Trinajstić information content (AvgIpc) is 2.22. The van der Waals surface area contributed by atoms with Crippen LogP contribution in [0.4, 0.5) is 0 Å². The van der Waals surface area contributed by atoms with Gasteiger partial charge in [-0.3, -0.25) is 4.79 Å². The number of nitrogens with one attached hydrogen (secondary N) is 1. The molecule has 0 aromatic heterocycles. The third-order valence-electron chi connectivity index (χ3n) is 2.15. The van der Waals surface area contributed by atoms with Crippen LogP contribution in [0.1, 0.15) is 19.3 Å². The number of carbonyl (C=O) groups is 1. The number of nitrogens with zero attached hydrogens (tertiary/aromatic N) is 1. The summed E-state index contributed by atoms with van der Waals surface area (Å²) in [6, 6.07) is 0. The summed E-state index contributed by atoms with van der Waals surface area (Å²) in [5.74, 6) is 0.0436. The van der Waals surface area contributed by atoms with E-state index >= 15 is 0 Å². The number of amides is 1. The monoisotopic (exact) mass is 216 g/mol. The number of nitrogens with two attached hydrogens (primary N) is 2. The van der Waals surface area contributed by atoms with Gasteiger partial charge in [0.2, 0.25) is 5.91 Å². The first-order valence-corrected chi connectivity index (χ1v) is 5.56. The molecule has 0 radical (unpaired) electrons. The van der Waals surface area contributed by atoms with Crippen LogP contribution in [-0.2, 0) is 4.79 Å². The highest BCUT2D eigenvalue weighted by atomic mass is 16.1. The van der Waals surface area contributed by atoms with Crippen molar-refractivity contribution >= 4 is 5.91 Å². The largest absolute Gasteiger partial charge is 0.356 e. The molecule has 0 heterocycles. The van der Waals surface area contributed by atoms with Gasteiger partial charge in [-0.05, 0) is 39.5 Å². The minimum atomic E-state index is 0.0436. The molecule has 0 aliphatic heterocycles. The van der Waals surface area contributed by atoms with E-state index in [1.165, 1.54) is 0 Å². The summed E-state index contributed by atoms with van der Waals surface area (Å²) >= 11 is 0. The van der Waals surface area contributed by atoms with Gasteiger partial charge in [0.25, 0.3) is 0 Å². The summed E-state index contributed by atoms with van der Waals surface area (Å²) in [5, 5.41) is 2.82. The van der Waals surface area contributed by atoms with Crippen molar-refractivity contribution in [3.05, 3.63) is 0 Å². The first-order valence-electron chi connectivity index (χ1n) is 5.56. The van der Waals surface area contributed by atoms with Gasteiger partial charge in [-0.25, -0.2) is 0 Å². The second-order valence-corrected chi connectivity index (χ2v) is 3.69. The fourth-order valence-electron chi connectivity index (χ4n) is 1.27. The number of hydrogen-bond acceptors (Lipinski definition) is 4. The molecular formula is C10H24N4O. The van der Waals surface area contributed by atoms with Gasteiger partial charge >= 0.3 is 0 Å². The van der Waals surface area contributed by atoms with Crippen molar-refractivity contribution in [2.75, 3.05) is 39.8 Å². The van der Waals surface area contributed by atoms with Crippen LogP contribution in [0.3, 0.4) is 0 Å². The van der Waals surface area contributed by atoms with E-state index in [0.717, 1.165) is 39.0 Å². The molecule has 1 amide bonds. The average molecular weight is 216 g/mol. The van der Waals surface area contributed by atoms with E-state index in [1.807, 2.05) is 0 Å². The molecule has 0 aliphatic rings. The van der Waals surface area contributed by atoms with Gasteiger partial charge in [-0.2, -0.15) is 0 Å². The third-order valence-corrected chi connectivity index (χ3v) is 2.15. The van der Waals surface area contributed by atoms with Crippen molar-refractivity contribution in [1.29, 1.82) is 0 Å². The molecule has 0 atom stereocenters. The van der Waals surface area contributed by atoms with Crippen LogP contribution in [-0.4, -0.2) is 50.6 Å². The van der Waals surface area contributed by atoms with Gasteiger partial charge < -0.3 is 21.7 Å². The molecule has 5 N–H and O–H groups in total. The minimum Gasteiger partial charge on any atom is -0.356 e. The first-order chi connectivity index (χ1) is 7.20. The Morgan fingerprint density at radius 2 is 1.87 bits per heavy atom. The van der Waals surface area contributed by atoms with Gasteiger partial charge in [-0.15, -0.1) is 0 Å². The Bertz CT molecular complexity index is 164. The van der Waals surface area contributed by atoms with Crippen molar-refractivity contribution < 1.29 is 4.79 Å². The van der Waals surface area contributed by atoms with Gasteiger partial charge in [0, 0.05) is 19.5 Å². The lowest BCUT2D eigenvalue weighted by molar-refractivity contribution is -0.120. The summed E-state index contributed by atoms with van der Waals surface area (Å²) < 4.78 is 0. The highest BCUT2D eigenvalue weighted by molar-refractivity contribution is 5.75. The van der Waals surface area contributed by atoms with Crippen LogP contribution in [0.5, 0.6) is 0 Å². The molecular weight excluding hydrogens is 192 g/mol. The Kier molecular flexibility index (Phi) is 9.46. The number of rotatable bonds is 9. The molecule has 0 spiro atoms. The van der Waals surface area contributed by atoms with E-state index in [9.17, 15) is 4.79 Å². The Balaban J connectivity index is 3.26. The maximum atomic E-state index is 11.0. The van der Waals surface area contributed by atoms with E-state index < -0.39 is 0 Å². The zero-order chi connectivity index (χ0) is 11.5. The summed E-state index contributed by atoms with van der Waals surface area (Å²) in [5.41, 5.74) is 10.7. The normalized spacial score (nSPS) is 10.7. The van der Waals surface area contributed by atoms with Crippen LogP contribution < -0.4 is 16.8 Å². The Labute approximate surface area is 92.2 Å². The molecule has 0 aromatic rings. The Hall–Kier alpha value is -0.650. The molecule has 0 unspecified atom stereocenters. The van der Waals surface area contributed by atoms with E-state index in [0.29, 0.717) is 13.0 Å². The van der Waals surface area contributed by atoms with Crippen molar-refractivity contribution in [2.45, 2.75) is 19.3 Å². The highest BCUT2D eigenvalue weighted by Gasteiger charge is 1.99. The SMILES string of the molecule is CN(CCCN)CCCNC(=O)CCN. The lowest BCUT2D eigenvalue weighted by Gasteiger charge is -2.15. The smallest absolute Gasteiger partial charge is 0.221 e. The quantitative estimate of drug-likeness (QED) is 0.437. The van der Waals surface area contributed by atoms with Crippen LogP contribution in [0.25, 0.3) is 0 Å². The van der Waals surface area contributed by atoms with Crippen LogP contribution in [0.2, 0.25) is 0 Å². The molecule has 0 aromatic carbocycles. The van der Waals surface area contributed by atoms with E-state index in [4.69, 9.17) is 11.5 Å². The fourth-order valence-corrected chi connectivity index (χ4v) is 1.27. The van der Waals surface area contributed by atoms with E-state index in [-0.39, 0.29) is 5.91 Å². The van der Waals surface area contributed by atoms with Crippen LogP contribution in [0, 0.1) is 0 Å². The first kappa shape index (κ1) is 14.3. The lowest BCUT2D eigenvalue weighted by atomic mass is 10.3. The van der Waals surface area contributed by atoms with Crippen LogP contribution >= 0.6 is 0 Å². The zero-order valence-corrected chi connectivity index (χ0v) is 9.67. The van der Waals surface area contributed by atoms with Crippen molar-refractivity contribution in [1.82, 2.24) is 10.2 Å². The summed E-state index contributed by atoms with van der Waals surface area (Å²) in [7, 11) is 2.07. The van der Waals surface area contributed by atoms with Gasteiger partial charge in [0.1, 0.15) is 0 Å². The number of hydrogen-bond donors (Lipinski definition) is 3. The van der Waals surface area contributed by atoms with Crippen molar-refractivity contribution in [3.8, 4) is 0 Å². The van der Waals surface area contributed by atoms with Crippen molar-refractivity contribution in [2.24, 2.45) is 11.5 Å². The van der Waals surface area contributed by atoms with Crippen LogP contribution in [0.15, 0.2) is 0 Å². The molecule has 0 saturated heterocycles. The maximum Gasteiger partial charge on any atom is 0.221 e. The van der Waals surface area contributed by atoms with Gasteiger partial charge in [0.15, 0.2) is 0 Å². The summed E-state index contributed by atoms with van der Waals surface area (Å²) in [6.45, 7) is 3.89. The second-order valence-electron chi connectivity index (χ2n) is 3.69. The minimum absolute atomic E-state index is 0.0436. The lowest BCUT2D eigenvalue weighted by Crippen LogP contribution is -2.30. The molecule has 5 heteroatoms. The standard InChI is InChI=1S/C10H24N4O/c1-14(8-2-5-11)9-3-7-13-10(15)4-6-12/h2-9,11-12H2,1H3,(H,13,15). The maximum absolute atomic E-state index is 11.0. The van der Waals surface area contributed by atoms with E-state index in [2.05, 4.69) is 17.3 Å². The highest BCUT2D eigenvalue weighted by Crippen LogP contribution is 1.88. The zero-order valence-electron chi connectivity index (χ0n) is 9.67. The van der Waals surface area contributed by atoms with Gasteiger partial charge in [0.05, 0.1) is 0 Å². The molecule has 0 aliphatic carbocycles. The third kappa shape index (κ3) is 9.65. The predicted octanol–water partition coefficient (Wildman–Crippen LogP) is -0.878. The predicted molar refractivity (Wildman–Crippen MR) is 62.5 cm³/mol. The molecule has 0 rings (SSSR count). The molecule has 90 valence electrons.